The second-order valence-electron chi connectivity index (χ2n) is 6.19. The Morgan fingerprint density at radius 1 is 0.567 bits per heavy atom. The summed E-state index contributed by atoms with van der Waals surface area (Å²) in [6.45, 7) is 0. The fraction of sp³-hybridized carbons (Fsp3) is 0. The number of rotatable bonds is 6. The minimum atomic E-state index is -1.72. The average Bonchev–Trinajstić information content (AvgIpc) is 2.72. The molecule has 3 aromatic carbocycles. The molecule has 0 spiro atoms. The van der Waals surface area contributed by atoms with Gasteiger partial charge in [-0.2, -0.15) is 0 Å². The zero-order valence-corrected chi connectivity index (χ0v) is 15.1. The lowest BCUT2D eigenvalue weighted by atomic mass is 9.85. The van der Waals surface area contributed by atoms with E-state index in [0.717, 1.165) is 12.1 Å². The van der Waals surface area contributed by atoms with Gasteiger partial charge in [-0.25, -0.2) is 9.59 Å². The first-order valence-electron chi connectivity index (χ1n) is 8.49. The van der Waals surface area contributed by atoms with Crippen molar-refractivity contribution < 1.29 is 39.6 Å². The molecule has 150 valence electrons. The Morgan fingerprint density at radius 3 is 1.63 bits per heavy atom. The first-order chi connectivity index (χ1) is 14.2. The van der Waals surface area contributed by atoms with Crippen LogP contribution in [-0.4, -0.2) is 34.1 Å². The molecule has 8 heteroatoms. The van der Waals surface area contributed by atoms with E-state index >= 15 is 0 Å². The zero-order chi connectivity index (χ0) is 22.0. The van der Waals surface area contributed by atoms with Crippen LogP contribution in [0.15, 0.2) is 60.7 Å². The molecule has 3 rings (SSSR count). The molecule has 3 aromatic rings. The van der Waals surface area contributed by atoms with Gasteiger partial charge in [-0.05, 0) is 22.8 Å². The smallest absolute Gasteiger partial charge is 0.336 e. The van der Waals surface area contributed by atoms with Gasteiger partial charge in [-0.15, -0.1) is 0 Å². The van der Waals surface area contributed by atoms with Crippen molar-refractivity contribution in [3.8, 4) is 22.3 Å². The number of aromatic carboxylic acids is 4. The molecule has 0 fully saturated rings. The molecule has 0 aliphatic carbocycles. The molecule has 0 heterocycles. The van der Waals surface area contributed by atoms with Gasteiger partial charge in [0.1, 0.15) is 0 Å². The van der Waals surface area contributed by atoms with E-state index in [1.165, 1.54) is 48.5 Å². The molecule has 0 bridgehead atoms. The van der Waals surface area contributed by atoms with Gasteiger partial charge in [-0.1, -0.05) is 54.6 Å². The second-order valence-corrected chi connectivity index (χ2v) is 6.19. The van der Waals surface area contributed by atoms with Gasteiger partial charge in [0.2, 0.25) is 0 Å². The number of carbonyl (C=O) groups is 4. The highest BCUT2D eigenvalue weighted by molar-refractivity contribution is 6.12. The van der Waals surface area contributed by atoms with Crippen LogP contribution in [0, 0.1) is 0 Å². The molecule has 30 heavy (non-hydrogen) atoms. The Morgan fingerprint density at radius 2 is 1.10 bits per heavy atom. The minimum absolute atomic E-state index is 0.0196. The zero-order valence-electron chi connectivity index (χ0n) is 15.1. The highest BCUT2D eigenvalue weighted by Gasteiger charge is 2.25. The lowest BCUT2D eigenvalue weighted by Gasteiger charge is -2.20. The van der Waals surface area contributed by atoms with Gasteiger partial charge in [0.25, 0.3) is 0 Å². The summed E-state index contributed by atoms with van der Waals surface area (Å²) in [5.74, 6) is -6.24. The van der Waals surface area contributed by atoms with Crippen molar-refractivity contribution in [1.82, 2.24) is 0 Å². The molecule has 0 atom stereocenters. The van der Waals surface area contributed by atoms with Crippen molar-refractivity contribution in [3.63, 3.8) is 0 Å². The molecular weight excluding hydrogens is 392 g/mol. The molecule has 8 nitrogen and oxygen atoms in total. The molecule has 0 amide bonds. The molecular formula is C22H12O8-2. The Bertz CT molecular complexity index is 1210. The number of carboxylic acid groups (broad SMARTS) is 4. The van der Waals surface area contributed by atoms with Gasteiger partial charge in [0, 0.05) is 16.7 Å². The standard InChI is InChI=1S/C22H14O8/c23-19(24)14-7-3-1-5-11(14)13-9-10-16(21(27)28)17(18(13)22(29)30)12-6-2-4-8-15(12)20(25)26/h1-10H,(H,23,24)(H,25,26)(H,27,28)(H,29,30)/p-2. The third kappa shape index (κ3) is 3.49. The van der Waals surface area contributed by atoms with Crippen molar-refractivity contribution in [3.05, 3.63) is 82.9 Å². The van der Waals surface area contributed by atoms with E-state index < -0.39 is 40.6 Å². The van der Waals surface area contributed by atoms with E-state index in [1.807, 2.05) is 0 Å². The number of benzene rings is 3. The van der Waals surface area contributed by atoms with E-state index in [9.17, 15) is 39.6 Å². The van der Waals surface area contributed by atoms with Crippen LogP contribution in [0.4, 0.5) is 0 Å². The third-order valence-corrected chi connectivity index (χ3v) is 4.50. The molecule has 0 saturated heterocycles. The number of hydrogen-bond acceptors (Lipinski definition) is 6. The molecule has 0 aliphatic heterocycles. The number of hydrogen-bond donors (Lipinski definition) is 2. The Hall–Kier alpha value is -4.46. The van der Waals surface area contributed by atoms with Crippen LogP contribution < -0.4 is 10.2 Å². The van der Waals surface area contributed by atoms with Crippen molar-refractivity contribution in [2.45, 2.75) is 0 Å². The fourth-order valence-corrected chi connectivity index (χ4v) is 3.28. The van der Waals surface area contributed by atoms with Crippen LogP contribution in [0.3, 0.4) is 0 Å². The van der Waals surface area contributed by atoms with Gasteiger partial charge < -0.3 is 30.0 Å². The SMILES string of the molecule is O=C([O-])c1ccccc1-c1ccc(C(=O)[O-])c(-c2ccccc2C(=O)O)c1C(=O)O. The Kier molecular flexibility index (Phi) is 5.33. The summed E-state index contributed by atoms with van der Waals surface area (Å²) < 4.78 is 0. The van der Waals surface area contributed by atoms with Crippen molar-refractivity contribution in [1.29, 1.82) is 0 Å². The highest BCUT2D eigenvalue weighted by Crippen LogP contribution is 2.38. The monoisotopic (exact) mass is 404 g/mol. The highest BCUT2D eigenvalue weighted by atomic mass is 16.4. The van der Waals surface area contributed by atoms with E-state index in [4.69, 9.17) is 0 Å². The molecule has 0 aliphatic rings. The van der Waals surface area contributed by atoms with Crippen LogP contribution >= 0.6 is 0 Å². The summed E-state index contributed by atoms with van der Waals surface area (Å²) in [6, 6.07) is 13.0. The first kappa shape index (κ1) is 20.3. The molecule has 0 radical (unpaired) electrons. The van der Waals surface area contributed by atoms with E-state index in [0.29, 0.717) is 0 Å². The van der Waals surface area contributed by atoms with Gasteiger partial charge in [0.15, 0.2) is 0 Å². The average molecular weight is 404 g/mol. The number of carbonyl (C=O) groups excluding carboxylic acids is 2. The van der Waals surface area contributed by atoms with Gasteiger partial charge >= 0.3 is 11.9 Å². The minimum Gasteiger partial charge on any atom is -0.545 e. The molecule has 0 saturated carbocycles. The van der Waals surface area contributed by atoms with Crippen molar-refractivity contribution in [2.24, 2.45) is 0 Å². The van der Waals surface area contributed by atoms with Crippen molar-refractivity contribution in [2.75, 3.05) is 0 Å². The quantitative estimate of drug-likeness (QED) is 0.620. The van der Waals surface area contributed by atoms with Gasteiger partial charge in [-0.3, -0.25) is 0 Å². The third-order valence-electron chi connectivity index (χ3n) is 4.50. The number of carboxylic acids is 4. The van der Waals surface area contributed by atoms with Crippen molar-refractivity contribution >= 4 is 23.9 Å². The Balaban J connectivity index is 2.51. The predicted molar refractivity (Wildman–Crippen MR) is 99.9 cm³/mol. The topological polar surface area (TPSA) is 155 Å². The van der Waals surface area contributed by atoms with Crippen LogP contribution in [-0.2, 0) is 0 Å². The summed E-state index contributed by atoms with van der Waals surface area (Å²) in [4.78, 5) is 47.1. The Labute approximate surface area is 169 Å². The lowest BCUT2D eigenvalue weighted by Crippen LogP contribution is -2.25. The molecule has 2 N–H and O–H groups in total. The van der Waals surface area contributed by atoms with E-state index in [2.05, 4.69) is 0 Å². The van der Waals surface area contributed by atoms with E-state index in [-0.39, 0.29) is 27.8 Å². The van der Waals surface area contributed by atoms with Crippen LogP contribution in [0.1, 0.15) is 41.4 Å². The molecule has 0 aromatic heterocycles. The summed E-state index contributed by atoms with van der Waals surface area (Å²) >= 11 is 0. The maximum absolute atomic E-state index is 12.2. The fourth-order valence-electron chi connectivity index (χ4n) is 3.28. The summed E-state index contributed by atoms with van der Waals surface area (Å²) in [5, 5.41) is 42.6. The molecule has 0 unspecified atom stereocenters. The van der Waals surface area contributed by atoms with Crippen LogP contribution in [0.5, 0.6) is 0 Å². The lowest BCUT2D eigenvalue weighted by molar-refractivity contribution is -0.256. The van der Waals surface area contributed by atoms with E-state index in [1.54, 1.807) is 0 Å². The maximum atomic E-state index is 12.2. The predicted octanol–water partition coefficient (Wildman–Crippen LogP) is 1.14. The first-order valence-corrected chi connectivity index (χ1v) is 8.49. The van der Waals surface area contributed by atoms with Crippen LogP contribution in [0.2, 0.25) is 0 Å². The normalized spacial score (nSPS) is 10.4. The van der Waals surface area contributed by atoms with Gasteiger partial charge in [0.05, 0.1) is 23.1 Å². The summed E-state index contributed by atoms with van der Waals surface area (Å²) in [6.07, 6.45) is 0. The maximum Gasteiger partial charge on any atom is 0.336 e. The summed E-state index contributed by atoms with van der Waals surface area (Å²) in [5.41, 5.74) is -2.43. The summed E-state index contributed by atoms with van der Waals surface area (Å²) in [7, 11) is 0. The second kappa shape index (κ2) is 7.88. The largest absolute Gasteiger partial charge is 0.545 e. The van der Waals surface area contributed by atoms with Crippen LogP contribution in [0.25, 0.3) is 22.3 Å².